The average Bonchev–Trinajstić information content (AvgIpc) is 3.20. The molecule has 0 bridgehead atoms. The fourth-order valence-electron chi connectivity index (χ4n) is 6.75. The van der Waals surface area contributed by atoms with Crippen molar-refractivity contribution < 1.29 is 23.8 Å². The number of carbonyl (C=O) groups excluding carboxylic acids is 2. The zero-order valence-corrected chi connectivity index (χ0v) is 37.4. The normalized spacial score (nSPS) is 12.6. The first kappa shape index (κ1) is 53.9. The Bertz CT molecular complexity index is 935. The van der Waals surface area contributed by atoms with Gasteiger partial charge in [-0.15, -0.1) is 0 Å². The van der Waals surface area contributed by atoms with Crippen LogP contribution in [-0.4, -0.2) is 37.9 Å². The second-order valence-electron chi connectivity index (χ2n) is 16.0. The fraction of sp³-hybridized carbons (Fsp3) is 0.804. The van der Waals surface area contributed by atoms with Gasteiger partial charge in [-0.1, -0.05) is 198 Å². The lowest BCUT2D eigenvalue weighted by atomic mass is 10.1. The van der Waals surface area contributed by atoms with E-state index in [1.807, 2.05) is 0 Å². The third-order valence-electron chi connectivity index (χ3n) is 10.3. The molecule has 0 saturated carbocycles. The Morgan fingerprint density at radius 3 is 1.30 bits per heavy atom. The van der Waals surface area contributed by atoms with E-state index in [9.17, 15) is 9.59 Å². The van der Waals surface area contributed by atoms with Crippen molar-refractivity contribution in [2.75, 3.05) is 19.8 Å². The van der Waals surface area contributed by atoms with E-state index in [0.29, 0.717) is 19.4 Å². The van der Waals surface area contributed by atoms with E-state index < -0.39 is 6.10 Å². The van der Waals surface area contributed by atoms with Crippen molar-refractivity contribution in [3.8, 4) is 0 Å². The summed E-state index contributed by atoms with van der Waals surface area (Å²) in [6.45, 7) is 7.70. The van der Waals surface area contributed by atoms with Gasteiger partial charge < -0.3 is 14.2 Å². The third kappa shape index (κ3) is 44.6. The lowest BCUT2D eigenvalue weighted by Crippen LogP contribution is -2.30. The Hall–Kier alpha value is -2.14. The molecule has 5 heteroatoms. The lowest BCUT2D eigenvalue weighted by Gasteiger charge is -2.18. The number of allylic oxidation sites excluding steroid dienone is 8. The Balaban J connectivity index is 4.19. The van der Waals surface area contributed by atoms with Gasteiger partial charge in [-0.25, -0.2) is 0 Å². The number of hydrogen-bond donors (Lipinski definition) is 0. The summed E-state index contributed by atoms with van der Waals surface area (Å²) < 4.78 is 17.3. The average molecular weight is 785 g/mol. The van der Waals surface area contributed by atoms with Crippen LogP contribution in [0.15, 0.2) is 48.6 Å². The Labute approximate surface area is 348 Å². The van der Waals surface area contributed by atoms with Crippen molar-refractivity contribution in [1.29, 1.82) is 0 Å². The number of carbonyl (C=O) groups is 2. The monoisotopic (exact) mass is 785 g/mol. The summed E-state index contributed by atoms with van der Waals surface area (Å²) in [5.41, 5.74) is 0. The van der Waals surface area contributed by atoms with E-state index in [-0.39, 0.29) is 25.2 Å². The van der Waals surface area contributed by atoms with E-state index in [0.717, 1.165) is 83.5 Å². The first-order valence-corrected chi connectivity index (χ1v) is 24.2. The number of rotatable bonds is 44. The molecule has 0 amide bonds. The van der Waals surface area contributed by atoms with Gasteiger partial charge in [0.1, 0.15) is 6.61 Å². The molecule has 0 saturated heterocycles. The topological polar surface area (TPSA) is 61.8 Å². The smallest absolute Gasteiger partial charge is 0.306 e. The van der Waals surface area contributed by atoms with Gasteiger partial charge in [0.25, 0.3) is 0 Å². The largest absolute Gasteiger partial charge is 0.462 e. The summed E-state index contributed by atoms with van der Waals surface area (Å²) in [5, 5.41) is 0. The molecule has 0 aliphatic rings. The van der Waals surface area contributed by atoms with Crippen molar-refractivity contribution in [2.24, 2.45) is 0 Å². The molecule has 0 aliphatic heterocycles. The summed E-state index contributed by atoms with van der Waals surface area (Å²) in [4.78, 5) is 25.3. The van der Waals surface area contributed by atoms with E-state index >= 15 is 0 Å². The number of ether oxygens (including phenoxy) is 3. The highest BCUT2D eigenvalue weighted by molar-refractivity contribution is 5.70. The highest BCUT2D eigenvalue weighted by Crippen LogP contribution is 2.14. The Morgan fingerprint density at radius 2 is 0.804 bits per heavy atom. The van der Waals surface area contributed by atoms with Gasteiger partial charge in [-0.05, 0) is 77.0 Å². The van der Waals surface area contributed by atoms with Crippen LogP contribution in [0, 0.1) is 0 Å². The standard InChI is InChI=1S/C51H92O5/c1-4-7-10-13-16-19-21-23-25-26-28-29-31-33-35-38-41-44-50(52)55-48-49(47-54-46-43-40-37-18-15-12-9-6-3)56-51(53)45-42-39-36-34-32-30-27-24-22-20-17-14-11-8-5-2/h7,10,16,19,23-25,27,49H,4-6,8-9,11-15,17-18,20-22,26,28-48H2,1-3H3/b10-7-,19-16-,25-23-,27-24-. The van der Waals surface area contributed by atoms with E-state index in [4.69, 9.17) is 14.2 Å². The van der Waals surface area contributed by atoms with Gasteiger partial charge in [0, 0.05) is 19.4 Å². The van der Waals surface area contributed by atoms with Crippen LogP contribution in [0.5, 0.6) is 0 Å². The van der Waals surface area contributed by atoms with E-state index in [1.54, 1.807) is 0 Å². The van der Waals surface area contributed by atoms with Crippen LogP contribution >= 0.6 is 0 Å². The Kier molecular flexibility index (Phi) is 45.4. The molecule has 0 aromatic rings. The molecule has 0 aromatic carbocycles. The molecule has 0 fully saturated rings. The van der Waals surface area contributed by atoms with Gasteiger partial charge in [0.15, 0.2) is 6.10 Å². The van der Waals surface area contributed by atoms with Gasteiger partial charge in [-0.2, -0.15) is 0 Å². The summed E-state index contributed by atoms with van der Waals surface area (Å²) >= 11 is 0. The minimum atomic E-state index is -0.539. The molecular formula is C51H92O5. The van der Waals surface area contributed by atoms with Crippen molar-refractivity contribution in [1.82, 2.24) is 0 Å². The van der Waals surface area contributed by atoms with Crippen LogP contribution in [0.4, 0.5) is 0 Å². The number of unbranched alkanes of at least 4 members (excludes halogenated alkanes) is 25. The van der Waals surface area contributed by atoms with E-state index in [2.05, 4.69) is 69.4 Å². The van der Waals surface area contributed by atoms with Crippen LogP contribution in [0.3, 0.4) is 0 Å². The number of esters is 2. The highest BCUT2D eigenvalue weighted by Gasteiger charge is 2.17. The highest BCUT2D eigenvalue weighted by atomic mass is 16.6. The first-order valence-electron chi connectivity index (χ1n) is 24.2. The van der Waals surface area contributed by atoms with Gasteiger partial charge in [0.2, 0.25) is 0 Å². The number of hydrogen-bond acceptors (Lipinski definition) is 5. The molecular weight excluding hydrogens is 693 g/mol. The maximum Gasteiger partial charge on any atom is 0.306 e. The van der Waals surface area contributed by atoms with Crippen LogP contribution in [0.25, 0.3) is 0 Å². The molecule has 0 aliphatic carbocycles. The van der Waals surface area contributed by atoms with Gasteiger partial charge >= 0.3 is 11.9 Å². The van der Waals surface area contributed by atoms with E-state index in [1.165, 1.54) is 122 Å². The van der Waals surface area contributed by atoms with Gasteiger partial charge in [-0.3, -0.25) is 9.59 Å². The summed E-state index contributed by atoms with van der Waals surface area (Å²) in [6.07, 6.45) is 56.8. The molecule has 0 aromatic heterocycles. The van der Waals surface area contributed by atoms with Crippen molar-refractivity contribution in [2.45, 2.75) is 245 Å². The molecule has 0 radical (unpaired) electrons. The van der Waals surface area contributed by atoms with Crippen molar-refractivity contribution in [3.63, 3.8) is 0 Å². The van der Waals surface area contributed by atoms with Crippen molar-refractivity contribution in [3.05, 3.63) is 48.6 Å². The predicted octanol–water partition coefficient (Wildman–Crippen LogP) is 16.0. The van der Waals surface area contributed by atoms with Gasteiger partial charge in [0.05, 0.1) is 6.61 Å². The third-order valence-corrected chi connectivity index (χ3v) is 10.3. The molecule has 0 spiro atoms. The second-order valence-corrected chi connectivity index (χ2v) is 16.0. The summed E-state index contributed by atoms with van der Waals surface area (Å²) in [6, 6.07) is 0. The SMILES string of the molecule is CC/C=C\C/C=C\C/C=C\CCCCCCCCCC(=O)OCC(COCCCCCCCCCC)OC(=O)CCCCCCC/C=C\CCCCCCCC. The Morgan fingerprint density at radius 1 is 0.411 bits per heavy atom. The van der Waals surface area contributed by atoms with Crippen LogP contribution < -0.4 is 0 Å². The maximum absolute atomic E-state index is 12.7. The molecule has 1 unspecified atom stereocenters. The fourth-order valence-corrected chi connectivity index (χ4v) is 6.75. The molecule has 326 valence electrons. The zero-order valence-electron chi connectivity index (χ0n) is 37.4. The summed E-state index contributed by atoms with van der Waals surface area (Å²) in [7, 11) is 0. The zero-order chi connectivity index (χ0) is 40.7. The minimum Gasteiger partial charge on any atom is -0.462 e. The molecule has 0 heterocycles. The predicted molar refractivity (Wildman–Crippen MR) is 242 cm³/mol. The van der Waals surface area contributed by atoms with Crippen LogP contribution in [0.2, 0.25) is 0 Å². The van der Waals surface area contributed by atoms with Crippen molar-refractivity contribution >= 4 is 11.9 Å². The second kappa shape index (κ2) is 47.2. The first-order chi connectivity index (χ1) is 27.6. The molecule has 5 nitrogen and oxygen atoms in total. The maximum atomic E-state index is 12.7. The minimum absolute atomic E-state index is 0.0788. The van der Waals surface area contributed by atoms with Crippen LogP contribution in [-0.2, 0) is 23.8 Å². The summed E-state index contributed by atoms with van der Waals surface area (Å²) in [5.74, 6) is -0.413. The molecule has 0 rings (SSSR count). The quantitative estimate of drug-likeness (QED) is 0.0350. The van der Waals surface area contributed by atoms with Crippen LogP contribution in [0.1, 0.15) is 239 Å². The lowest BCUT2D eigenvalue weighted by molar-refractivity contribution is -0.163. The molecule has 0 N–H and O–H groups in total. The molecule has 56 heavy (non-hydrogen) atoms. The molecule has 1 atom stereocenters.